The number of halogens is 2. The summed E-state index contributed by atoms with van der Waals surface area (Å²) in [6.07, 6.45) is 3.83. The van der Waals surface area contributed by atoms with E-state index in [4.69, 9.17) is 21.1 Å². The highest BCUT2D eigenvalue weighted by atomic mass is 35.5. The number of carbonyl (C=O) groups excluding carboxylic acids is 5. The van der Waals surface area contributed by atoms with Crippen molar-refractivity contribution in [1.82, 2.24) is 25.2 Å². The second-order valence-corrected chi connectivity index (χ2v) is 17.9. The Bertz CT molecular complexity index is 2020. The lowest BCUT2D eigenvalue weighted by Gasteiger charge is -2.30. The number of carbonyl (C=O) groups is 5. The van der Waals surface area contributed by atoms with Crippen molar-refractivity contribution < 1.29 is 46.3 Å². The van der Waals surface area contributed by atoms with Crippen molar-refractivity contribution >= 4 is 51.5 Å². The average Bonchev–Trinajstić information content (AvgIpc) is 3.40. The second kappa shape index (κ2) is 16.4. The highest BCUT2D eigenvalue weighted by Crippen LogP contribution is 2.46. The molecule has 1 saturated heterocycles. The molecule has 0 unspecified atom stereocenters. The van der Waals surface area contributed by atoms with Crippen LogP contribution in [-0.2, 0) is 52.7 Å². The molecular weight excluding hydrogens is 769 g/mol. The van der Waals surface area contributed by atoms with Crippen LogP contribution in [0.4, 0.5) is 14.0 Å². The van der Waals surface area contributed by atoms with Crippen molar-refractivity contribution in [1.29, 1.82) is 0 Å². The Hall–Kier alpha value is -4.70. The number of benzene rings is 2. The Morgan fingerprint density at radius 3 is 2.55 bits per heavy atom. The normalized spacial score (nSPS) is 25.4. The monoisotopic (exact) mass is 815 g/mol. The van der Waals surface area contributed by atoms with E-state index in [2.05, 4.69) is 15.4 Å². The van der Waals surface area contributed by atoms with E-state index in [1.54, 1.807) is 51.1 Å². The van der Waals surface area contributed by atoms with E-state index in [0.29, 0.717) is 30.4 Å². The van der Waals surface area contributed by atoms with Crippen LogP contribution in [0, 0.1) is 11.7 Å². The van der Waals surface area contributed by atoms with Gasteiger partial charge >= 0.3 is 12.2 Å². The summed E-state index contributed by atoms with van der Waals surface area (Å²) in [6, 6.07) is 8.52. The minimum Gasteiger partial charge on any atom is -0.444 e. The van der Waals surface area contributed by atoms with Crippen LogP contribution < -0.4 is 15.4 Å². The lowest BCUT2D eigenvalue weighted by molar-refractivity contribution is -0.141. The van der Waals surface area contributed by atoms with Gasteiger partial charge < -0.3 is 25.0 Å². The van der Waals surface area contributed by atoms with Crippen LogP contribution in [-0.4, -0.2) is 84.0 Å². The molecule has 0 aromatic heterocycles. The Morgan fingerprint density at radius 1 is 1.05 bits per heavy atom. The SMILES string of the molecule is CC(C)(C)OC(=O)N[C@H]1CCCCCC=C[C@@H]2C[C@@]2(C(=O)NS(=O)(=O)Cc2ccccc2Cl)NC(=O)[C@@H]2C[C@@H](OC(=O)N3Cc4cccc(F)c4C3)CN2C1=O. The van der Waals surface area contributed by atoms with Crippen LogP contribution in [0.25, 0.3) is 0 Å². The van der Waals surface area contributed by atoms with Crippen LogP contribution in [0.3, 0.4) is 0 Å². The van der Waals surface area contributed by atoms with Crippen LogP contribution in [0.15, 0.2) is 54.6 Å². The zero-order valence-corrected chi connectivity index (χ0v) is 33.1. The molecule has 0 bridgehead atoms. The largest absolute Gasteiger partial charge is 0.444 e. The highest BCUT2D eigenvalue weighted by Gasteiger charge is 2.61. The van der Waals surface area contributed by atoms with Gasteiger partial charge in [0.05, 0.1) is 18.8 Å². The van der Waals surface area contributed by atoms with Crippen LogP contribution in [0.2, 0.25) is 5.02 Å². The third-order valence-corrected chi connectivity index (χ3v) is 11.9. The number of nitrogens with one attached hydrogen (secondary N) is 3. The second-order valence-electron chi connectivity index (χ2n) is 15.8. The number of nitrogens with zero attached hydrogens (tertiary/aromatic N) is 2. The molecule has 17 heteroatoms. The molecule has 3 heterocycles. The molecule has 3 N–H and O–H groups in total. The number of rotatable bonds is 6. The van der Waals surface area contributed by atoms with Crippen molar-refractivity contribution in [3.8, 4) is 0 Å². The highest BCUT2D eigenvalue weighted by molar-refractivity contribution is 7.89. The fourth-order valence-corrected chi connectivity index (χ4v) is 8.91. The number of amides is 5. The van der Waals surface area contributed by atoms with Crippen LogP contribution in [0.1, 0.15) is 82.4 Å². The summed E-state index contributed by atoms with van der Waals surface area (Å²) >= 11 is 6.19. The maximum Gasteiger partial charge on any atom is 0.410 e. The molecule has 5 atom stereocenters. The molecule has 2 aromatic rings. The van der Waals surface area contributed by atoms with Crippen molar-refractivity contribution in [3.05, 3.63) is 82.1 Å². The molecule has 0 radical (unpaired) electrons. The fraction of sp³-hybridized carbons (Fsp3) is 0.513. The van der Waals surface area contributed by atoms with E-state index < -0.39 is 86.7 Å². The number of alkyl carbamates (subject to hydrolysis) is 1. The summed E-state index contributed by atoms with van der Waals surface area (Å²) < 4.78 is 54.3. The molecule has 6 rings (SSSR count). The van der Waals surface area contributed by atoms with Gasteiger partial charge in [0.1, 0.15) is 35.1 Å². The number of fused-ring (bicyclic) bond motifs is 3. The molecule has 1 aliphatic carbocycles. The van der Waals surface area contributed by atoms with Gasteiger partial charge in [-0.1, -0.05) is 66.9 Å². The molecular formula is C39H47ClFN5O9S. The van der Waals surface area contributed by atoms with Gasteiger partial charge in [-0.25, -0.2) is 22.4 Å². The quantitative estimate of drug-likeness (QED) is 0.344. The van der Waals surface area contributed by atoms with Gasteiger partial charge in [0.2, 0.25) is 21.8 Å². The molecule has 4 aliphatic rings. The van der Waals surface area contributed by atoms with E-state index in [0.717, 1.165) is 6.42 Å². The average molecular weight is 816 g/mol. The molecule has 0 spiro atoms. The molecule has 1 saturated carbocycles. The van der Waals surface area contributed by atoms with Gasteiger partial charge in [-0.05, 0) is 69.7 Å². The van der Waals surface area contributed by atoms with Gasteiger partial charge in [0.15, 0.2) is 0 Å². The summed E-state index contributed by atoms with van der Waals surface area (Å²) in [5.41, 5.74) is -1.23. The first kappa shape index (κ1) is 40.9. The molecule has 2 fully saturated rings. The topological polar surface area (TPSA) is 181 Å². The standard InChI is InChI=1S/C39H47ClFN5O9S/c1-38(2,3)55-36(50)42-31-17-8-6-4-5-7-14-26-19-39(26,35(49)44-56(52,53)23-25-12-9-10-15-29(25)40)43-33(47)32-18-27(21-46(32)34(31)48)54-37(51)45-20-24-13-11-16-30(41)28(24)22-45/h7,9-16,26-27,31-32H,4-6,8,17-23H2,1-3H3,(H,42,50)(H,43,47)(H,44,49)/t26-,27-,31+,32+,39-/m1/s1. The third-order valence-electron chi connectivity index (χ3n) is 10.3. The number of allylic oxidation sites excluding steroid dienone is 1. The smallest absolute Gasteiger partial charge is 0.410 e. The molecule has 3 aliphatic heterocycles. The molecule has 2 aromatic carbocycles. The summed E-state index contributed by atoms with van der Waals surface area (Å²) in [5.74, 6) is -3.91. The predicted molar refractivity (Wildman–Crippen MR) is 203 cm³/mol. The van der Waals surface area contributed by atoms with E-state index >= 15 is 0 Å². The zero-order chi connectivity index (χ0) is 40.4. The Morgan fingerprint density at radius 2 is 1.82 bits per heavy atom. The van der Waals surface area contributed by atoms with Crippen molar-refractivity contribution in [3.63, 3.8) is 0 Å². The van der Waals surface area contributed by atoms with E-state index in [1.165, 1.54) is 28.0 Å². The number of hydrogen-bond donors (Lipinski definition) is 3. The first-order valence-electron chi connectivity index (χ1n) is 18.7. The maximum absolute atomic E-state index is 14.5. The van der Waals surface area contributed by atoms with Crippen molar-refractivity contribution in [2.75, 3.05) is 6.54 Å². The van der Waals surface area contributed by atoms with E-state index in [1.807, 2.05) is 6.08 Å². The Labute approximate surface area is 330 Å². The molecule has 5 amide bonds. The summed E-state index contributed by atoms with van der Waals surface area (Å²) in [7, 11) is -4.27. The van der Waals surface area contributed by atoms with Gasteiger partial charge in [0.25, 0.3) is 5.91 Å². The fourth-order valence-electron chi connectivity index (χ4n) is 7.43. The van der Waals surface area contributed by atoms with Crippen LogP contribution in [0.5, 0.6) is 0 Å². The number of ether oxygens (including phenoxy) is 2. The summed E-state index contributed by atoms with van der Waals surface area (Å²) in [4.78, 5) is 71.5. The predicted octanol–water partition coefficient (Wildman–Crippen LogP) is 4.84. The maximum atomic E-state index is 14.5. The summed E-state index contributed by atoms with van der Waals surface area (Å²) in [6.45, 7) is 4.92. The lowest BCUT2D eigenvalue weighted by Crippen LogP contribution is -2.58. The molecule has 56 heavy (non-hydrogen) atoms. The third kappa shape index (κ3) is 9.63. The number of sulfonamides is 1. The zero-order valence-electron chi connectivity index (χ0n) is 31.5. The van der Waals surface area contributed by atoms with E-state index in [-0.39, 0.29) is 49.5 Å². The Balaban J connectivity index is 1.25. The van der Waals surface area contributed by atoms with Crippen LogP contribution >= 0.6 is 11.6 Å². The minimum absolute atomic E-state index is 0.0199. The minimum atomic E-state index is -4.27. The van der Waals surface area contributed by atoms with Gasteiger partial charge in [-0.3, -0.25) is 24.0 Å². The first-order chi connectivity index (χ1) is 26.4. The number of hydrogen-bond acceptors (Lipinski definition) is 9. The summed E-state index contributed by atoms with van der Waals surface area (Å²) in [5, 5.41) is 5.64. The van der Waals surface area contributed by atoms with Crippen molar-refractivity contribution in [2.45, 2.75) is 114 Å². The first-order valence-corrected chi connectivity index (χ1v) is 20.8. The molecule has 14 nitrogen and oxygen atoms in total. The van der Waals surface area contributed by atoms with Gasteiger partial charge in [-0.2, -0.15) is 0 Å². The van der Waals surface area contributed by atoms with Gasteiger partial charge in [-0.15, -0.1) is 0 Å². The Kier molecular flexibility index (Phi) is 12.0. The van der Waals surface area contributed by atoms with Crippen molar-refractivity contribution in [2.24, 2.45) is 5.92 Å². The van der Waals surface area contributed by atoms with E-state index in [9.17, 15) is 36.8 Å². The lowest BCUT2D eigenvalue weighted by atomic mass is 10.0. The van der Waals surface area contributed by atoms with Gasteiger partial charge in [0, 0.05) is 29.5 Å². The molecule has 302 valence electrons.